The number of primary amides is 4. The summed E-state index contributed by atoms with van der Waals surface area (Å²) in [7, 11) is 5.19. The van der Waals surface area contributed by atoms with Crippen molar-refractivity contribution in [1.82, 2.24) is 31.9 Å². The number of carbonyl (C=O) groups excluding carboxylic acids is 11. The smallest absolute Gasteiger partial charge is 0.312 e. The van der Waals surface area contributed by atoms with E-state index in [0.29, 0.717) is 6.42 Å². The van der Waals surface area contributed by atoms with Crippen LogP contribution < -0.4 is 112 Å². The van der Waals surface area contributed by atoms with Crippen molar-refractivity contribution < 1.29 is 71.7 Å². The van der Waals surface area contributed by atoms with E-state index in [4.69, 9.17) is 59.1 Å². The molecular weight excluding hydrogens is 1160 g/mol. The minimum atomic E-state index is -1.38. The van der Waals surface area contributed by atoms with Crippen LogP contribution in [0, 0.1) is 0 Å². The maximum atomic E-state index is 14.3. The molecule has 24 N–H and O–H groups in total. The molecule has 4 aromatic carbocycles. The summed E-state index contributed by atoms with van der Waals surface area (Å²) in [6.45, 7) is 0.272. The van der Waals surface area contributed by atoms with E-state index >= 15 is 0 Å². The molecule has 0 saturated carbocycles. The summed E-state index contributed by atoms with van der Waals surface area (Å²) in [6, 6.07) is 9.03. The van der Waals surface area contributed by atoms with Crippen LogP contribution in [0.25, 0.3) is 0 Å². The van der Waals surface area contributed by atoms with Gasteiger partial charge in [-0.3, -0.25) is 43.3 Å². The molecule has 4 aromatic rings. The van der Waals surface area contributed by atoms with Crippen LogP contribution in [-0.4, -0.2) is 150 Å². The monoisotopic (exact) mass is 1240 g/mol. The fraction of sp³-hybridized carbons (Fsp3) is 0.357. The first-order chi connectivity index (χ1) is 42.4. The zero-order valence-corrected chi connectivity index (χ0v) is 49.3. The number of amides is 14. The van der Waals surface area contributed by atoms with Crippen LogP contribution in [0.4, 0.5) is 37.1 Å². The van der Waals surface area contributed by atoms with E-state index in [-0.39, 0.29) is 145 Å². The molecule has 0 radical (unpaired) electrons. The Hall–Kier alpha value is -11.1. The fourth-order valence-corrected chi connectivity index (χ4v) is 8.51. The Kier molecular flexibility index (Phi) is 28.0. The third-order valence-electron chi connectivity index (χ3n) is 12.9. The van der Waals surface area contributed by atoms with Gasteiger partial charge in [0, 0.05) is 48.9 Å². The summed E-state index contributed by atoms with van der Waals surface area (Å²) < 4.78 is 21.6. The first-order valence-corrected chi connectivity index (χ1v) is 27.5. The number of methoxy groups -OCH3 is 4. The number of nitrogens with zero attached hydrogens (tertiary/aromatic N) is 1. The van der Waals surface area contributed by atoms with Crippen LogP contribution >= 0.6 is 0 Å². The first kappa shape index (κ1) is 70.4. The van der Waals surface area contributed by atoms with Gasteiger partial charge in [-0.25, -0.2) is 14.4 Å². The number of carbonyl (C=O) groups is 11. The summed E-state index contributed by atoms with van der Waals surface area (Å²) >= 11 is 0. The van der Waals surface area contributed by atoms with E-state index in [0.717, 1.165) is 0 Å². The second-order valence-corrected chi connectivity index (χ2v) is 19.4. The molecule has 0 aliphatic heterocycles. The predicted molar refractivity (Wildman–Crippen MR) is 327 cm³/mol. The number of nitrogens with one attached hydrogen (secondary N) is 10. The van der Waals surface area contributed by atoms with Crippen molar-refractivity contribution in [1.29, 1.82) is 0 Å². The average Bonchev–Trinajstić information content (AvgIpc) is 2.33. The van der Waals surface area contributed by atoms with Gasteiger partial charge in [0.25, 0.3) is 23.6 Å². The van der Waals surface area contributed by atoms with Gasteiger partial charge in [-0.15, -0.1) is 0 Å². The van der Waals surface area contributed by atoms with Crippen LogP contribution in [-0.2, 0) is 19.2 Å². The number of urea groups is 3. The number of hydrogen-bond donors (Lipinski definition) is 17. The first-order valence-electron chi connectivity index (χ1n) is 27.5. The van der Waals surface area contributed by atoms with Crippen molar-refractivity contribution in [3.8, 4) is 23.0 Å². The maximum absolute atomic E-state index is 14.3. The molecule has 4 rings (SSSR count). The zero-order chi connectivity index (χ0) is 65.7. The number of nitrogens with two attached hydrogens (primary N) is 7. The second-order valence-electron chi connectivity index (χ2n) is 19.4. The molecule has 33 heteroatoms. The normalized spacial score (nSPS) is 11.9. The highest BCUT2D eigenvalue weighted by Gasteiger charge is 2.29. The van der Waals surface area contributed by atoms with Gasteiger partial charge in [-0.1, -0.05) is 0 Å². The molecule has 480 valence electrons. The van der Waals surface area contributed by atoms with E-state index in [2.05, 4.69) is 58.2 Å². The number of anilines is 4. The topological polar surface area (TPSA) is 539 Å². The van der Waals surface area contributed by atoms with E-state index in [1.165, 1.54) is 101 Å². The van der Waals surface area contributed by atoms with Crippen molar-refractivity contribution in [2.24, 2.45) is 45.1 Å². The number of ether oxygens (including phenoxy) is 4. The molecule has 4 atom stereocenters. The Labute approximate surface area is 510 Å². The molecule has 0 saturated heterocycles. The van der Waals surface area contributed by atoms with E-state index in [9.17, 15) is 52.7 Å². The Balaban J connectivity index is 1.60. The highest BCUT2D eigenvalue weighted by atomic mass is 16.5. The standard InChI is InChI=1S/C56H76N18O15/c1-86-41-17-13-29(25-33(41)45(58)75)69-50(80)38(10-6-21-64-53(59)60)72-47(77)35-27-31(15-19-43(35)88-3)71-52(82)40(12-8-24-67-56(63)85)74-48(78)36-28-32(16-20-44(36)89-4)70-51(81)39(11-7-23-66-55(62)84)73-46(76)34-26-30(14-18-42(34)87-2)68-49(79)37(57)9-5-22-65-54(61)83/h13-20,25-28,37-40H,5-12,21-24,57H2,1-4H3,(H2,58,75)(H,68,79)(H,69,80)(H,70,81)(H,71,82)(H,72,77)(H,73,76)(H,74,78)(H4,59,60,64)(H3,61,65,83)(H3,62,66,84)(H3,63,67,85). The van der Waals surface area contributed by atoms with Gasteiger partial charge in [0.1, 0.15) is 41.1 Å². The molecule has 0 aromatic heterocycles. The van der Waals surface area contributed by atoms with Gasteiger partial charge >= 0.3 is 18.1 Å². The lowest BCUT2D eigenvalue weighted by atomic mass is 10.1. The van der Waals surface area contributed by atoms with Crippen molar-refractivity contribution in [2.75, 3.05) is 75.9 Å². The van der Waals surface area contributed by atoms with E-state index in [1.807, 2.05) is 0 Å². The molecule has 89 heavy (non-hydrogen) atoms. The molecule has 14 amide bonds. The Morgan fingerprint density at radius 1 is 0.404 bits per heavy atom. The van der Waals surface area contributed by atoms with Crippen molar-refractivity contribution >= 4 is 94.1 Å². The van der Waals surface area contributed by atoms with E-state index < -0.39 is 89.5 Å². The van der Waals surface area contributed by atoms with Gasteiger partial charge in [0.05, 0.1) is 56.7 Å². The van der Waals surface area contributed by atoms with Crippen LogP contribution in [0.15, 0.2) is 77.8 Å². The van der Waals surface area contributed by atoms with Gasteiger partial charge in [-0.2, -0.15) is 0 Å². The van der Waals surface area contributed by atoms with Gasteiger partial charge in [0.2, 0.25) is 23.6 Å². The predicted octanol–water partition coefficient (Wildman–Crippen LogP) is -0.304. The molecule has 0 bridgehead atoms. The summed E-state index contributed by atoms with van der Waals surface area (Å²) in [5.74, 6) is -6.24. The zero-order valence-electron chi connectivity index (χ0n) is 49.3. The average molecular weight is 1240 g/mol. The number of benzene rings is 4. The van der Waals surface area contributed by atoms with Crippen LogP contribution in [0.5, 0.6) is 23.0 Å². The van der Waals surface area contributed by atoms with Gasteiger partial charge in [-0.05, 0) is 124 Å². The van der Waals surface area contributed by atoms with Crippen molar-refractivity contribution in [3.05, 3.63) is 95.1 Å². The van der Waals surface area contributed by atoms with Gasteiger partial charge < -0.3 is 112 Å². The molecular formula is C56H76N18O15. The number of guanidine groups is 1. The third-order valence-corrected chi connectivity index (χ3v) is 12.9. The van der Waals surface area contributed by atoms with Crippen LogP contribution in [0.2, 0.25) is 0 Å². The van der Waals surface area contributed by atoms with Crippen LogP contribution in [0.1, 0.15) is 92.8 Å². The maximum Gasteiger partial charge on any atom is 0.312 e. The number of aliphatic imine (C=N–C) groups is 1. The van der Waals surface area contributed by atoms with Gasteiger partial charge in [0.15, 0.2) is 5.96 Å². The third kappa shape index (κ3) is 23.0. The summed E-state index contributed by atoms with van der Waals surface area (Å²) in [5, 5.41) is 25.9. The molecule has 33 nitrogen and oxygen atoms in total. The number of hydrogen-bond acceptors (Lipinski definition) is 17. The second kappa shape index (κ2) is 35.4. The molecule has 0 aliphatic rings. The lowest BCUT2D eigenvalue weighted by molar-refractivity contribution is -0.118. The summed E-state index contributed by atoms with van der Waals surface area (Å²) in [4.78, 5) is 148. The summed E-state index contributed by atoms with van der Waals surface area (Å²) in [5.41, 5.74) is 38.0. The minimum Gasteiger partial charge on any atom is -0.496 e. The lowest BCUT2D eigenvalue weighted by Gasteiger charge is -2.22. The van der Waals surface area contributed by atoms with E-state index in [1.54, 1.807) is 0 Å². The fourth-order valence-electron chi connectivity index (χ4n) is 8.51. The summed E-state index contributed by atoms with van der Waals surface area (Å²) in [6.07, 6.45) is 0.776. The highest BCUT2D eigenvalue weighted by Crippen LogP contribution is 2.28. The highest BCUT2D eigenvalue weighted by molar-refractivity contribution is 6.08. The van der Waals surface area contributed by atoms with Crippen molar-refractivity contribution in [3.63, 3.8) is 0 Å². The number of rotatable bonds is 35. The lowest BCUT2D eigenvalue weighted by Crippen LogP contribution is -2.45. The molecule has 4 unspecified atom stereocenters. The molecule has 0 fully saturated rings. The Morgan fingerprint density at radius 3 is 1.00 bits per heavy atom. The van der Waals surface area contributed by atoms with Crippen LogP contribution in [0.3, 0.4) is 0 Å². The minimum absolute atomic E-state index is 0.00507. The Bertz CT molecular complexity index is 3250. The quantitative estimate of drug-likeness (QED) is 0.0160. The molecule has 0 heterocycles. The molecule has 0 aliphatic carbocycles. The molecule has 0 spiro atoms. The SMILES string of the molecule is COc1ccc(NC(=O)C(CCCN=C(N)N)NC(=O)c2cc(NC(=O)C(CCCNC(N)=O)NC(=O)c3cc(NC(=O)C(CCCNC(N)=O)NC(=O)c4cc(NC(=O)C(N)CCCNC(N)=O)ccc4OC)ccc3OC)ccc2OC)cc1C(N)=O. The largest absolute Gasteiger partial charge is 0.496 e. The van der Waals surface area contributed by atoms with Crippen molar-refractivity contribution in [2.45, 2.75) is 75.5 Å². The Morgan fingerprint density at radius 2 is 0.697 bits per heavy atom.